The first-order valence-electron chi connectivity index (χ1n) is 6.08. The van der Waals surface area contributed by atoms with Gasteiger partial charge in [0.2, 0.25) is 0 Å². The Morgan fingerprint density at radius 1 is 1.29 bits per heavy atom. The van der Waals surface area contributed by atoms with Crippen molar-refractivity contribution in [3.63, 3.8) is 0 Å². The molecule has 1 unspecified atom stereocenters. The summed E-state index contributed by atoms with van der Waals surface area (Å²) in [6.45, 7) is -0.0734. The van der Waals surface area contributed by atoms with E-state index in [1.54, 1.807) is 18.2 Å². The van der Waals surface area contributed by atoms with Crippen LogP contribution in [0.15, 0.2) is 42.7 Å². The van der Waals surface area contributed by atoms with Crippen LogP contribution < -0.4 is 10.0 Å². The normalized spacial score (nSPS) is 12.0. The third kappa shape index (κ3) is 3.85. The molecule has 1 aromatic heterocycles. The van der Waals surface area contributed by atoms with Crippen LogP contribution in [0.2, 0.25) is 10.0 Å². The molecule has 2 aromatic rings. The molecule has 0 fully saturated rings. The molecule has 0 saturated carbocycles. The predicted octanol–water partition coefficient (Wildman–Crippen LogP) is 2.09. The van der Waals surface area contributed by atoms with Crippen LogP contribution in [0.25, 0.3) is 0 Å². The maximum Gasteiger partial charge on any atom is 0.257 e. The number of rotatable bonds is 4. The van der Waals surface area contributed by atoms with Crippen LogP contribution in [0.5, 0.6) is 0 Å². The van der Waals surface area contributed by atoms with Gasteiger partial charge in [-0.1, -0.05) is 29.3 Å². The summed E-state index contributed by atoms with van der Waals surface area (Å²) in [6.07, 6.45) is 1.37. The Bertz CT molecular complexity index is 644. The van der Waals surface area contributed by atoms with Gasteiger partial charge in [-0.15, -0.1) is 0 Å². The van der Waals surface area contributed by atoms with Gasteiger partial charge in [0.05, 0.1) is 6.10 Å². The van der Waals surface area contributed by atoms with Crippen molar-refractivity contribution in [2.45, 2.75) is 6.10 Å². The van der Waals surface area contributed by atoms with E-state index in [0.717, 1.165) is 6.20 Å². The fourth-order valence-electron chi connectivity index (χ4n) is 1.81. The summed E-state index contributed by atoms with van der Waals surface area (Å²) in [5, 5.41) is 24.3. The van der Waals surface area contributed by atoms with Crippen LogP contribution in [0.4, 0.5) is 0 Å². The summed E-state index contributed by atoms with van der Waals surface area (Å²) in [7, 11) is 0. The number of hydrogen-bond acceptors (Lipinski definition) is 3. The van der Waals surface area contributed by atoms with Crippen LogP contribution in [0, 0.1) is 5.21 Å². The van der Waals surface area contributed by atoms with E-state index in [1.165, 1.54) is 18.3 Å². The van der Waals surface area contributed by atoms with E-state index in [2.05, 4.69) is 5.32 Å². The average molecular weight is 327 g/mol. The maximum atomic E-state index is 11.9. The zero-order valence-electron chi connectivity index (χ0n) is 10.8. The second-order valence-corrected chi connectivity index (χ2v) is 5.13. The van der Waals surface area contributed by atoms with Crippen molar-refractivity contribution >= 4 is 29.1 Å². The minimum Gasteiger partial charge on any atom is -0.619 e. The zero-order chi connectivity index (χ0) is 15.4. The number of halogens is 2. The minimum absolute atomic E-state index is 0.0734. The van der Waals surface area contributed by atoms with Gasteiger partial charge < -0.3 is 15.6 Å². The Labute approximate surface area is 131 Å². The van der Waals surface area contributed by atoms with Gasteiger partial charge in [-0.25, -0.2) is 0 Å². The molecule has 1 atom stereocenters. The second-order valence-electron chi connectivity index (χ2n) is 4.31. The Hall–Kier alpha value is -1.82. The SMILES string of the molecule is O=C(NCC(O)c1c(Cl)cccc1Cl)c1ccc[n+]([O-])c1. The highest BCUT2D eigenvalue weighted by Gasteiger charge is 2.17. The molecular weight excluding hydrogens is 315 g/mol. The molecule has 2 N–H and O–H groups in total. The minimum atomic E-state index is -1.04. The quantitative estimate of drug-likeness (QED) is 0.667. The second kappa shape index (κ2) is 6.76. The van der Waals surface area contributed by atoms with E-state index in [-0.39, 0.29) is 12.1 Å². The highest BCUT2D eigenvalue weighted by molar-refractivity contribution is 6.36. The lowest BCUT2D eigenvalue weighted by molar-refractivity contribution is -0.605. The fraction of sp³-hybridized carbons (Fsp3) is 0.143. The lowest BCUT2D eigenvalue weighted by Crippen LogP contribution is -2.32. The summed E-state index contributed by atoms with van der Waals surface area (Å²) >= 11 is 12.0. The molecular formula is C14H12Cl2N2O3. The molecule has 2 rings (SSSR count). The lowest BCUT2D eigenvalue weighted by atomic mass is 10.1. The monoisotopic (exact) mass is 326 g/mol. The number of benzene rings is 1. The molecule has 1 heterocycles. The largest absolute Gasteiger partial charge is 0.619 e. The summed E-state index contributed by atoms with van der Waals surface area (Å²) in [5.41, 5.74) is 0.554. The number of carbonyl (C=O) groups excluding carboxylic acids is 1. The van der Waals surface area contributed by atoms with Gasteiger partial charge >= 0.3 is 0 Å². The van der Waals surface area contributed by atoms with E-state index in [1.807, 2.05) is 0 Å². The van der Waals surface area contributed by atoms with Crippen LogP contribution in [0.3, 0.4) is 0 Å². The Kier molecular flexibility index (Phi) is 5.01. The molecule has 0 bridgehead atoms. The number of carbonyl (C=O) groups is 1. The van der Waals surface area contributed by atoms with Crippen LogP contribution in [-0.4, -0.2) is 17.6 Å². The van der Waals surface area contributed by atoms with Crippen molar-refractivity contribution in [3.8, 4) is 0 Å². The topological polar surface area (TPSA) is 76.3 Å². The first kappa shape index (κ1) is 15.6. The van der Waals surface area contributed by atoms with Gasteiger partial charge in [-0.3, -0.25) is 4.79 Å². The van der Waals surface area contributed by atoms with Crippen molar-refractivity contribution < 1.29 is 14.6 Å². The van der Waals surface area contributed by atoms with Gasteiger partial charge in [0.1, 0.15) is 5.56 Å². The molecule has 0 saturated heterocycles. The predicted molar refractivity (Wildman–Crippen MR) is 79.2 cm³/mol. The number of nitrogens with zero attached hydrogens (tertiary/aromatic N) is 1. The maximum absolute atomic E-state index is 11.9. The van der Waals surface area contributed by atoms with Crippen molar-refractivity contribution in [2.75, 3.05) is 6.54 Å². The molecule has 21 heavy (non-hydrogen) atoms. The van der Waals surface area contributed by atoms with Gasteiger partial charge in [0.15, 0.2) is 12.4 Å². The highest BCUT2D eigenvalue weighted by Crippen LogP contribution is 2.29. The van der Waals surface area contributed by atoms with Crippen LogP contribution >= 0.6 is 23.2 Å². The summed E-state index contributed by atoms with van der Waals surface area (Å²) in [6, 6.07) is 7.83. The zero-order valence-corrected chi connectivity index (χ0v) is 12.3. The fourth-order valence-corrected chi connectivity index (χ4v) is 2.46. The first-order chi connectivity index (χ1) is 9.99. The van der Waals surface area contributed by atoms with Gasteiger partial charge in [0, 0.05) is 28.2 Å². The molecule has 7 heteroatoms. The van der Waals surface area contributed by atoms with Crippen molar-refractivity contribution in [2.24, 2.45) is 0 Å². The molecule has 0 aliphatic heterocycles. The van der Waals surface area contributed by atoms with E-state index in [9.17, 15) is 15.1 Å². The van der Waals surface area contributed by atoms with Crippen LogP contribution in [-0.2, 0) is 0 Å². The van der Waals surface area contributed by atoms with Crippen molar-refractivity contribution in [3.05, 3.63) is 69.1 Å². The third-order valence-electron chi connectivity index (χ3n) is 2.83. The molecule has 0 spiro atoms. The summed E-state index contributed by atoms with van der Waals surface area (Å²) < 4.78 is 0.524. The highest BCUT2D eigenvalue weighted by atomic mass is 35.5. The number of nitrogens with one attached hydrogen (secondary N) is 1. The third-order valence-corrected chi connectivity index (χ3v) is 3.49. The molecule has 0 aliphatic rings. The average Bonchev–Trinajstić information content (AvgIpc) is 2.44. The molecule has 0 radical (unpaired) electrons. The number of aliphatic hydroxyl groups is 1. The van der Waals surface area contributed by atoms with Crippen molar-refractivity contribution in [1.82, 2.24) is 5.32 Å². The number of aromatic nitrogens is 1. The molecule has 1 aromatic carbocycles. The Balaban J connectivity index is 2.04. The number of hydrogen-bond donors (Lipinski definition) is 2. The molecule has 1 amide bonds. The first-order valence-corrected chi connectivity index (χ1v) is 6.83. The summed E-state index contributed by atoms with van der Waals surface area (Å²) in [4.78, 5) is 11.9. The van der Waals surface area contributed by atoms with E-state index >= 15 is 0 Å². The molecule has 0 aliphatic carbocycles. The van der Waals surface area contributed by atoms with E-state index < -0.39 is 12.0 Å². The van der Waals surface area contributed by atoms with Gasteiger partial charge in [-0.05, 0) is 18.2 Å². The van der Waals surface area contributed by atoms with E-state index in [0.29, 0.717) is 20.3 Å². The Morgan fingerprint density at radius 3 is 2.57 bits per heavy atom. The van der Waals surface area contributed by atoms with Crippen molar-refractivity contribution in [1.29, 1.82) is 0 Å². The smallest absolute Gasteiger partial charge is 0.257 e. The van der Waals surface area contributed by atoms with Gasteiger partial charge in [0.25, 0.3) is 5.91 Å². The standard InChI is InChI=1S/C14H12Cl2N2O3/c15-10-4-1-5-11(16)13(10)12(19)7-17-14(20)9-3-2-6-18(21)8-9/h1-6,8,12,19H,7H2,(H,17,20). The number of pyridine rings is 1. The lowest BCUT2D eigenvalue weighted by Gasteiger charge is -2.15. The molecule has 5 nitrogen and oxygen atoms in total. The van der Waals surface area contributed by atoms with E-state index in [4.69, 9.17) is 23.2 Å². The van der Waals surface area contributed by atoms with Gasteiger partial charge in [-0.2, -0.15) is 4.73 Å². The molecule has 110 valence electrons. The summed E-state index contributed by atoms with van der Waals surface area (Å²) in [5.74, 6) is -0.470. The van der Waals surface area contributed by atoms with Crippen LogP contribution in [0.1, 0.15) is 22.0 Å². The number of aliphatic hydroxyl groups excluding tert-OH is 1. The Morgan fingerprint density at radius 2 is 1.95 bits per heavy atom. The number of amides is 1.